The largest absolute Gasteiger partial charge is 0.368 e. The molecule has 0 saturated carbocycles. The van der Waals surface area contributed by atoms with Crippen molar-refractivity contribution in [1.82, 2.24) is 14.9 Å². The Balaban J connectivity index is 2.08. The van der Waals surface area contributed by atoms with Crippen molar-refractivity contribution in [1.29, 1.82) is 0 Å². The molecule has 1 aliphatic rings. The van der Waals surface area contributed by atoms with E-state index in [4.69, 9.17) is 5.73 Å². The monoisotopic (exact) mass is 323 g/mol. The van der Waals surface area contributed by atoms with Crippen molar-refractivity contribution in [3.8, 4) is 0 Å². The predicted octanol–water partition coefficient (Wildman–Crippen LogP) is 1.77. The van der Waals surface area contributed by atoms with Crippen LogP contribution in [0, 0.1) is 12.8 Å². The number of aryl methyl sites for hydroxylation is 1. The number of hydrogen-bond donors (Lipinski definition) is 2. The highest BCUT2D eigenvalue weighted by atomic mass is 32.2. The molecule has 2 atom stereocenters. The van der Waals surface area contributed by atoms with Crippen LogP contribution in [-0.4, -0.2) is 51.9 Å². The van der Waals surface area contributed by atoms with Crippen molar-refractivity contribution in [2.45, 2.75) is 32.7 Å². The van der Waals surface area contributed by atoms with Crippen molar-refractivity contribution in [3.63, 3.8) is 0 Å². The zero-order valence-electron chi connectivity index (χ0n) is 13.5. The number of likely N-dealkylation sites (tertiary alicyclic amines) is 1. The number of hydrogen-bond acceptors (Lipinski definition) is 6. The van der Waals surface area contributed by atoms with E-state index in [1.54, 1.807) is 11.8 Å². The van der Waals surface area contributed by atoms with Crippen LogP contribution in [0.5, 0.6) is 0 Å². The van der Waals surface area contributed by atoms with Gasteiger partial charge in [0.2, 0.25) is 11.9 Å². The van der Waals surface area contributed by atoms with Gasteiger partial charge in [-0.05, 0) is 25.5 Å². The molecule has 0 bridgehead atoms. The van der Waals surface area contributed by atoms with Crippen molar-refractivity contribution in [2.75, 3.05) is 36.1 Å². The van der Waals surface area contributed by atoms with Gasteiger partial charge in [-0.2, -0.15) is 16.7 Å². The molecule has 1 saturated heterocycles. The molecule has 0 aliphatic carbocycles. The molecular formula is C15H25N5OS. The lowest BCUT2D eigenvalue weighted by Gasteiger charge is -2.19. The van der Waals surface area contributed by atoms with Crippen molar-refractivity contribution >= 4 is 29.4 Å². The van der Waals surface area contributed by atoms with Crippen LogP contribution in [0.4, 0.5) is 11.8 Å². The SMILES string of the molecule is CCC[C@@H]1CN(C(=O)CSC)C[C@H]1Nc1cc(C)nc(N)n1. The molecule has 1 aliphatic heterocycles. The Kier molecular flexibility index (Phi) is 5.88. The van der Waals surface area contributed by atoms with E-state index in [2.05, 4.69) is 22.2 Å². The zero-order chi connectivity index (χ0) is 16.1. The molecule has 7 heteroatoms. The summed E-state index contributed by atoms with van der Waals surface area (Å²) in [5.74, 6) is 2.24. The molecule has 1 aromatic heterocycles. The molecule has 0 spiro atoms. The molecular weight excluding hydrogens is 298 g/mol. The quantitative estimate of drug-likeness (QED) is 0.830. The van der Waals surface area contributed by atoms with E-state index in [9.17, 15) is 4.79 Å². The number of carbonyl (C=O) groups is 1. The molecule has 0 aromatic carbocycles. The maximum Gasteiger partial charge on any atom is 0.232 e. The maximum absolute atomic E-state index is 12.1. The van der Waals surface area contributed by atoms with Crippen molar-refractivity contribution in [2.24, 2.45) is 5.92 Å². The minimum Gasteiger partial charge on any atom is -0.368 e. The molecule has 2 rings (SSSR count). The Labute approximate surface area is 136 Å². The lowest BCUT2D eigenvalue weighted by atomic mass is 9.98. The summed E-state index contributed by atoms with van der Waals surface area (Å²) in [5, 5.41) is 3.45. The van der Waals surface area contributed by atoms with Crippen LogP contribution in [-0.2, 0) is 4.79 Å². The first-order valence-electron chi connectivity index (χ1n) is 7.67. The van der Waals surface area contributed by atoms with Gasteiger partial charge in [-0.25, -0.2) is 4.98 Å². The molecule has 1 fully saturated rings. The molecule has 0 radical (unpaired) electrons. The van der Waals surface area contributed by atoms with Crippen LogP contribution in [0.1, 0.15) is 25.5 Å². The number of nitrogen functional groups attached to an aromatic ring is 1. The van der Waals surface area contributed by atoms with Gasteiger partial charge in [0.15, 0.2) is 0 Å². The number of carbonyl (C=O) groups excluding carboxylic acids is 1. The number of anilines is 2. The van der Waals surface area contributed by atoms with Gasteiger partial charge in [-0.1, -0.05) is 13.3 Å². The van der Waals surface area contributed by atoms with Gasteiger partial charge in [0.25, 0.3) is 0 Å². The summed E-state index contributed by atoms with van der Waals surface area (Å²) >= 11 is 1.57. The van der Waals surface area contributed by atoms with Crippen LogP contribution in [0.15, 0.2) is 6.07 Å². The van der Waals surface area contributed by atoms with Gasteiger partial charge in [0, 0.05) is 30.9 Å². The van der Waals surface area contributed by atoms with E-state index in [0.29, 0.717) is 11.7 Å². The Morgan fingerprint density at radius 1 is 1.50 bits per heavy atom. The summed E-state index contributed by atoms with van der Waals surface area (Å²) < 4.78 is 0. The molecule has 0 unspecified atom stereocenters. The third kappa shape index (κ3) is 4.25. The summed E-state index contributed by atoms with van der Waals surface area (Å²) in [6.45, 7) is 5.63. The van der Waals surface area contributed by atoms with E-state index >= 15 is 0 Å². The van der Waals surface area contributed by atoms with Gasteiger partial charge in [-0.15, -0.1) is 0 Å². The van der Waals surface area contributed by atoms with Crippen LogP contribution in [0.25, 0.3) is 0 Å². The third-order valence-corrected chi connectivity index (χ3v) is 4.46. The van der Waals surface area contributed by atoms with Crippen LogP contribution in [0.2, 0.25) is 0 Å². The Hall–Kier alpha value is -1.50. The average molecular weight is 323 g/mol. The second kappa shape index (κ2) is 7.67. The zero-order valence-corrected chi connectivity index (χ0v) is 14.3. The normalized spacial score (nSPS) is 21.1. The van der Waals surface area contributed by atoms with Gasteiger partial charge in [0.1, 0.15) is 5.82 Å². The summed E-state index contributed by atoms with van der Waals surface area (Å²) in [5.41, 5.74) is 6.56. The number of nitrogens with one attached hydrogen (secondary N) is 1. The first-order valence-corrected chi connectivity index (χ1v) is 9.07. The van der Waals surface area contributed by atoms with E-state index in [0.717, 1.165) is 37.4 Å². The number of nitrogens with two attached hydrogens (primary N) is 1. The van der Waals surface area contributed by atoms with Crippen LogP contribution >= 0.6 is 11.8 Å². The fourth-order valence-electron chi connectivity index (χ4n) is 2.97. The van der Waals surface area contributed by atoms with E-state index in [-0.39, 0.29) is 17.9 Å². The topological polar surface area (TPSA) is 84.1 Å². The number of aromatic nitrogens is 2. The average Bonchev–Trinajstić information content (AvgIpc) is 2.81. The number of nitrogens with zero attached hydrogens (tertiary/aromatic N) is 3. The van der Waals surface area contributed by atoms with Crippen molar-refractivity contribution < 1.29 is 4.79 Å². The fourth-order valence-corrected chi connectivity index (χ4v) is 3.40. The number of amides is 1. The highest BCUT2D eigenvalue weighted by molar-refractivity contribution is 7.99. The molecule has 122 valence electrons. The minimum absolute atomic E-state index is 0.219. The van der Waals surface area contributed by atoms with E-state index < -0.39 is 0 Å². The fraction of sp³-hybridized carbons (Fsp3) is 0.667. The standard InChI is InChI=1S/C15H25N5OS/c1-4-5-11-7-20(14(21)9-22-3)8-12(11)18-13-6-10(2)17-15(16)19-13/h6,11-12H,4-5,7-9H2,1-3H3,(H3,16,17,18,19)/t11-,12-/m1/s1. The minimum atomic E-state index is 0.219. The summed E-state index contributed by atoms with van der Waals surface area (Å²) in [4.78, 5) is 22.4. The summed E-state index contributed by atoms with van der Waals surface area (Å²) in [6, 6.07) is 2.12. The Morgan fingerprint density at radius 2 is 2.27 bits per heavy atom. The first-order chi connectivity index (χ1) is 10.5. The van der Waals surface area contributed by atoms with Gasteiger partial charge in [0.05, 0.1) is 5.75 Å². The summed E-state index contributed by atoms with van der Waals surface area (Å²) in [7, 11) is 0. The molecule has 6 nitrogen and oxygen atoms in total. The highest BCUT2D eigenvalue weighted by Crippen LogP contribution is 2.25. The Morgan fingerprint density at radius 3 is 2.91 bits per heavy atom. The molecule has 2 heterocycles. The molecule has 3 N–H and O–H groups in total. The third-order valence-electron chi connectivity index (χ3n) is 3.93. The number of rotatable bonds is 6. The van der Waals surface area contributed by atoms with Crippen molar-refractivity contribution in [3.05, 3.63) is 11.8 Å². The van der Waals surface area contributed by atoms with Crippen LogP contribution < -0.4 is 11.1 Å². The first kappa shape index (κ1) is 16.9. The lowest BCUT2D eigenvalue weighted by Crippen LogP contribution is -2.33. The highest BCUT2D eigenvalue weighted by Gasteiger charge is 2.34. The summed E-state index contributed by atoms with van der Waals surface area (Å²) in [6.07, 6.45) is 4.16. The maximum atomic E-state index is 12.1. The predicted molar refractivity (Wildman–Crippen MR) is 92.0 cm³/mol. The van der Waals surface area contributed by atoms with Gasteiger partial charge < -0.3 is 16.0 Å². The van der Waals surface area contributed by atoms with E-state index in [1.807, 2.05) is 24.1 Å². The molecule has 1 aromatic rings. The lowest BCUT2D eigenvalue weighted by molar-refractivity contribution is -0.127. The molecule has 22 heavy (non-hydrogen) atoms. The van der Waals surface area contributed by atoms with Gasteiger partial charge in [-0.3, -0.25) is 4.79 Å². The van der Waals surface area contributed by atoms with Crippen LogP contribution in [0.3, 0.4) is 0 Å². The van der Waals surface area contributed by atoms with E-state index in [1.165, 1.54) is 0 Å². The van der Waals surface area contributed by atoms with Gasteiger partial charge >= 0.3 is 0 Å². The second-order valence-corrected chi connectivity index (χ2v) is 6.65. The molecule has 1 amide bonds. The number of thioether (sulfide) groups is 1. The second-order valence-electron chi connectivity index (χ2n) is 5.78. The Bertz CT molecular complexity index is 504. The smallest absolute Gasteiger partial charge is 0.232 e.